The molecule has 1 amide bonds. The second kappa shape index (κ2) is 8.05. The Labute approximate surface area is 183 Å². The van der Waals surface area contributed by atoms with Crippen LogP contribution in [0.15, 0.2) is 59.4 Å². The van der Waals surface area contributed by atoms with E-state index in [1.807, 2.05) is 54.6 Å². The Bertz CT molecular complexity index is 1360. The van der Waals surface area contributed by atoms with Crippen molar-refractivity contribution in [2.45, 2.75) is 18.6 Å². The number of hydrogen-bond donors (Lipinski definition) is 3. The molecule has 32 heavy (non-hydrogen) atoms. The van der Waals surface area contributed by atoms with Crippen molar-refractivity contribution in [2.75, 3.05) is 20.3 Å². The first-order valence-corrected chi connectivity index (χ1v) is 10.4. The molecule has 0 spiro atoms. The van der Waals surface area contributed by atoms with E-state index >= 15 is 0 Å². The highest BCUT2D eigenvalue weighted by atomic mass is 16.5. The first kappa shape index (κ1) is 20.1. The van der Waals surface area contributed by atoms with Gasteiger partial charge in [-0.05, 0) is 48.2 Å². The van der Waals surface area contributed by atoms with Crippen molar-refractivity contribution < 1.29 is 19.4 Å². The number of likely N-dealkylation sites (tertiary alicyclic amines) is 1. The number of ether oxygens (including phenoxy) is 2. The zero-order chi connectivity index (χ0) is 22.2. The number of rotatable bonds is 5. The van der Waals surface area contributed by atoms with E-state index in [9.17, 15) is 14.7 Å². The summed E-state index contributed by atoms with van der Waals surface area (Å²) in [5, 5.41) is 11.3. The van der Waals surface area contributed by atoms with Crippen molar-refractivity contribution in [3.63, 3.8) is 0 Å². The fourth-order valence-electron chi connectivity index (χ4n) is 4.32. The summed E-state index contributed by atoms with van der Waals surface area (Å²) in [7, 11) is 1.59. The number of nitrogens with zero attached hydrogens (tertiary/aromatic N) is 1. The van der Waals surface area contributed by atoms with E-state index in [4.69, 9.17) is 9.47 Å². The summed E-state index contributed by atoms with van der Waals surface area (Å²) >= 11 is 0. The van der Waals surface area contributed by atoms with Crippen LogP contribution in [0.3, 0.4) is 0 Å². The number of fused-ring (bicyclic) bond motifs is 2. The second-order valence-electron chi connectivity index (χ2n) is 8.02. The van der Waals surface area contributed by atoms with Crippen LogP contribution in [-0.4, -0.2) is 58.5 Å². The van der Waals surface area contributed by atoms with Gasteiger partial charge in [-0.3, -0.25) is 9.69 Å². The molecule has 3 heterocycles. The lowest BCUT2D eigenvalue weighted by molar-refractivity contribution is 0.101. The average Bonchev–Trinajstić information content (AvgIpc) is 3.40. The number of carboxylic acid groups (broad SMARTS) is 1. The fourth-order valence-corrected chi connectivity index (χ4v) is 4.32. The fraction of sp³-hybridized carbons (Fsp3) is 0.250. The third-order valence-corrected chi connectivity index (χ3v) is 6.03. The van der Waals surface area contributed by atoms with Crippen molar-refractivity contribution >= 4 is 27.9 Å². The van der Waals surface area contributed by atoms with Crippen molar-refractivity contribution in [1.29, 1.82) is 0 Å². The summed E-state index contributed by atoms with van der Waals surface area (Å²) in [6, 6.07) is 16.8. The molecule has 1 fully saturated rings. The minimum absolute atomic E-state index is 0.116. The van der Waals surface area contributed by atoms with Gasteiger partial charge in [0, 0.05) is 23.5 Å². The number of benzene rings is 2. The first-order valence-electron chi connectivity index (χ1n) is 10.4. The predicted octanol–water partition coefficient (Wildman–Crippen LogP) is 3.82. The zero-order valence-corrected chi connectivity index (χ0v) is 17.5. The molecule has 1 aliphatic heterocycles. The number of carbonyl (C=O) groups is 1. The number of nitrogens with one attached hydrogen (secondary N) is 2. The Kier molecular flexibility index (Phi) is 5.07. The molecule has 8 heteroatoms. The number of aromatic amines is 2. The van der Waals surface area contributed by atoms with Crippen LogP contribution in [0.4, 0.5) is 4.79 Å². The molecule has 0 unspecified atom stereocenters. The molecule has 5 rings (SSSR count). The molecule has 0 radical (unpaired) electrons. The van der Waals surface area contributed by atoms with E-state index in [0.717, 1.165) is 27.5 Å². The van der Waals surface area contributed by atoms with Gasteiger partial charge in [0.1, 0.15) is 12.4 Å². The average molecular weight is 433 g/mol. The largest absolute Gasteiger partial charge is 0.491 e. The topological polar surface area (TPSA) is 108 Å². The number of H-pyrrole nitrogens is 2. The Morgan fingerprint density at radius 2 is 1.91 bits per heavy atom. The standard InChI is InChI=1S/C24H23N3O5/c1-31-18-11-16(27(12-18)24(29)30)13-32-17-6-7-21-15(8-17)10-22(25-21)19-9-14-4-2-3-5-20(14)26-23(19)28/h2-10,16,18,25H,11-13H2,1H3,(H,26,28)(H,29,30)/t16-,18+/m0/s1. The Morgan fingerprint density at radius 1 is 1.09 bits per heavy atom. The van der Waals surface area contributed by atoms with Crippen LogP contribution in [-0.2, 0) is 4.74 Å². The van der Waals surface area contributed by atoms with E-state index < -0.39 is 6.09 Å². The van der Waals surface area contributed by atoms with Crippen molar-refractivity contribution in [3.8, 4) is 17.0 Å². The van der Waals surface area contributed by atoms with Gasteiger partial charge in [-0.15, -0.1) is 0 Å². The monoisotopic (exact) mass is 433 g/mol. The van der Waals surface area contributed by atoms with Gasteiger partial charge >= 0.3 is 6.09 Å². The number of methoxy groups -OCH3 is 1. The van der Waals surface area contributed by atoms with Crippen LogP contribution < -0.4 is 10.3 Å². The lowest BCUT2D eigenvalue weighted by Crippen LogP contribution is -2.38. The maximum Gasteiger partial charge on any atom is 0.407 e. The van der Waals surface area contributed by atoms with E-state index in [2.05, 4.69) is 9.97 Å². The van der Waals surface area contributed by atoms with E-state index in [1.54, 1.807) is 7.11 Å². The SMILES string of the molecule is CO[C@@H]1C[C@@H](COc2ccc3[nH]c(-c4cc5ccccc5[nH]c4=O)cc3c2)N(C(=O)O)C1. The molecular formula is C24H23N3O5. The highest BCUT2D eigenvalue weighted by molar-refractivity contribution is 5.89. The number of pyridine rings is 1. The molecule has 2 atom stereocenters. The van der Waals surface area contributed by atoms with Crippen LogP contribution in [0.25, 0.3) is 33.1 Å². The number of amides is 1. The van der Waals surface area contributed by atoms with Crippen LogP contribution in [0, 0.1) is 0 Å². The minimum atomic E-state index is -0.968. The molecule has 2 aromatic carbocycles. The first-order chi connectivity index (χ1) is 15.5. The Hall–Kier alpha value is -3.78. The second-order valence-corrected chi connectivity index (χ2v) is 8.02. The van der Waals surface area contributed by atoms with Crippen molar-refractivity contribution in [1.82, 2.24) is 14.9 Å². The third-order valence-electron chi connectivity index (χ3n) is 6.03. The molecule has 3 N–H and O–H groups in total. The van der Waals surface area contributed by atoms with Gasteiger partial charge in [-0.2, -0.15) is 0 Å². The number of para-hydroxylation sites is 1. The van der Waals surface area contributed by atoms with Gasteiger partial charge in [0.15, 0.2) is 0 Å². The van der Waals surface area contributed by atoms with Gasteiger partial charge in [0.2, 0.25) is 0 Å². The lowest BCUT2D eigenvalue weighted by Gasteiger charge is -2.21. The molecular weight excluding hydrogens is 410 g/mol. The quantitative estimate of drug-likeness (QED) is 0.443. The number of hydrogen-bond acceptors (Lipinski definition) is 4. The lowest BCUT2D eigenvalue weighted by atomic mass is 10.1. The van der Waals surface area contributed by atoms with Gasteiger partial charge < -0.3 is 24.5 Å². The molecule has 0 saturated carbocycles. The molecule has 2 aromatic heterocycles. The van der Waals surface area contributed by atoms with Crippen LogP contribution >= 0.6 is 0 Å². The summed E-state index contributed by atoms with van der Waals surface area (Å²) in [5.74, 6) is 0.640. The van der Waals surface area contributed by atoms with Crippen molar-refractivity contribution in [3.05, 3.63) is 65.0 Å². The Balaban J connectivity index is 1.38. The van der Waals surface area contributed by atoms with Gasteiger partial charge in [-0.25, -0.2) is 4.79 Å². The highest BCUT2D eigenvalue weighted by Crippen LogP contribution is 2.28. The molecule has 0 bridgehead atoms. The van der Waals surface area contributed by atoms with E-state index in [-0.39, 0.29) is 24.3 Å². The van der Waals surface area contributed by atoms with Gasteiger partial charge in [-0.1, -0.05) is 18.2 Å². The van der Waals surface area contributed by atoms with Gasteiger partial charge in [0.25, 0.3) is 5.56 Å². The maximum absolute atomic E-state index is 12.6. The number of aromatic nitrogens is 2. The zero-order valence-electron chi connectivity index (χ0n) is 17.5. The summed E-state index contributed by atoms with van der Waals surface area (Å²) in [4.78, 5) is 31.7. The van der Waals surface area contributed by atoms with Crippen LogP contribution in [0.1, 0.15) is 6.42 Å². The molecule has 164 valence electrons. The van der Waals surface area contributed by atoms with E-state index in [1.165, 1.54) is 4.90 Å². The minimum Gasteiger partial charge on any atom is -0.491 e. The summed E-state index contributed by atoms with van der Waals surface area (Å²) in [6.45, 7) is 0.597. The van der Waals surface area contributed by atoms with Crippen LogP contribution in [0.2, 0.25) is 0 Å². The van der Waals surface area contributed by atoms with Crippen molar-refractivity contribution in [2.24, 2.45) is 0 Å². The van der Waals surface area contributed by atoms with Crippen LogP contribution in [0.5, 0.6) is 5.75 Å². The molecule has 8 nitrogen and oxygen atoms in total. The maximum atomic E-state index is 12.6. The molecule has 1 saturated heterocycles. The van der Waals surface area contributed by atoms with E-state index in [0.29, 0.717) is 24.3 Å². The Morgan fingerprint density at radius 3 is 2.72 bits per heavy atom. The van der Waals surface area contributed by atoms with Gasteiger partial charge in [0.05, 0.1) is 29.9 Å². The summed E-state index contributed by atoms with van der Waals surface area (Å²) in [5.41, 5.74) is 2.81. The molecule has 0 aliphatic carbocycles. The summed E-state index contributed by atoms with van der Waals surface area (Å²) in [6.07, 6.45) is -0.483. The molecule has 1 aliphatic rings. The highest BCUT2D eigenvalue weighted by Gasteiger charge is 2.35. The smallest absolute Gasteiger partial charge is 0.407 e. The normalized spacial score (nSPS) is 18.5. The molecule has 4 aromatic rings. The third kappa shape index (κ3) is 3.69. The summed E-state index contributed by atoms with van der Waals surface area (Å²) < 4.78 is 11.2. The predicted molar refractivity (Wildman–Crippen MR) is 121 cm³/mol.